The van der Waals surface area contributed by atoms with Gasteiger partial charge in [0.2, 0.25) is 0 Å². The summed E-state index contributed by atoms with van der Waals surface area (Å²) in [6.07, 6.45) is 2.09. The Morgan fingerprint density at radius 3 is 2.58 bits per heavy atom. The minimum Gasteiger partial charge on any atom is -0.464 e. The van der Waals surface area contributed by atoms with E-state index < -0.39 is 5.97 Å². The van der Waals surface area contributed by atoms with Crippen LogP contribution in [0.5, 0.6) is 0 Å². The number of carbonyl (C=O) groups is 1. The zero-order valence-corrected chi connectivity index (χ0v) is 16.4. The van der Waals surface area contributed by atoms with Crippen LogP contribution >= 0.6 is 11.6 Å². The van der Waals surface area contributed by atoms with Gasteiger partial charge < -0.3 is 9.64 Å². The molecule has 1 aromatic heterocycles. The van der Waals surface area contributed by atoms with Crippen LogP contribution in [-0.2, 0) is 11.3 Å². The van der Waals surface area contributed by atoms with Gasteiger partial charge in [-0.1, -0.05) is 29.8 Å². The van der Waals surface area contributed by atoms with Crippen LogP contribution in [0, 0.1) is 13.8 Å². The van der Waals surface area contributed by atoms with Gasteiger partial charge in [-0.3, -0.25) is 0 Å². The summed E-state index contributed by atoms with van der Waals surface area (Å²) in [6.45, 7) is 7.64. The number of aryl methyl sites for hydroxylation is 2. The summed E-state index contributed by atoms with van der Waals surface area (Å²) >= 11 is 6.51. The van der Waals surface area contributed by atoms with Crippen molar-refractivity contribution in [2.24, 2.45) is 0 Å². The van der Waals surface area contributed by atoms with E-state index in [0.717, 1.165) is 12.8 Å². The molecule has 1 fully saturated rings. The van der Waals surface area contributed by atoms with Gasteiger partial charge in [0.1, 0.15) is 10.8 Å². The van der Waals surface area contributed by atoms with Crippen molar-refractivity contribution in [1.29, 1.82) is 0 Å². The zero-order chi connectivity index (χ0) is 18.8. The molecule has 0 atom stereocenters. The molecule has 0 saturated heterocycles. The molecule has 1 aromatic carbocycles. The maximum Gasteiger partial charge on any atom is 0.358 e. The molecule has 0 N–H and O–H groups in total. The number of carbonyl (C=O) groups excluding carboxylic acids is 1. The molecule has 1 saturated carbocycles. The molecule has 0 spiro atoms. The van der Waals surface area contributed by atoms with Crippen LogP contribution in [0.4, 0.5) is 5.82 Å². The van der Waals surface area contributed by atoms with Crippen molar-refractivity contribution in [3.8, 4) is 0 Å². The van der Waals surface area contributed by atoms with E-state index in [-0.39, 0.29) is 10.7 Å². The van der Waals surface area contributed by atoms with Crippen molar-refractivity contribution >= 4 is 23.4 Å². The summed E-state index contributed by atoms with van der Waals surface area (Å²) in [6, 6.07) is 6.41. The van der Waals surface area contributed by atoms with Crippen LogP contribution in [-0.4, -0.2) is 29.6 Å². The van der Waals surface area contributed by atoms with Gasteiger partial charge in [-0.15, -0.1) is 0 Å². The average Bonchev–Trinajstić information content (AvgIpc) is 3.47. The minimum atomic E-state index is -0.525. The fraction of sp³-hybridized carbons (Fsp3) is 0.450. The van der Waals surface area contributed by atoms with E-state index >= 15 is 0 Å². The van der Waals surface area contributed by atoms with Gasteiger partial charge in [0, 0.05) is 19.0 Å². The highest BCUT2D eigenvalue weighted by atomic mass is 35.5. The van der Waals surface area contributed by atoms with E-state index in [2.05, 4.69) is 41.9 Å². The molecule has 1 aliphatic rings. The first kappa shape index (κ1) is 18.6. The Hall–Kier alpha value is -2.14. The largest absolute Gasteiger partial charge is 0.464 e. The first-order chi connectivity index (χ1) is 12.4. The molecule has 138 valence electrons. The number of aromatic nitrogens is 2. The third-order valence-electron chi connectivity index (χ3n) is 4.80. The monoisotopic (exact) mass is 373 g/mol. The van der Waals surface area contributed by atoms with Gasteiger partial charge in [0.15, 0.2) is 11.5 Å². The molecule has 3 rings (SSSR count). The summed E-state index contributed by atoms with van der Waals surface area (Å²) in [7, 11) is 1.34. The molecule has 0 radical (unpaired) electrons. The van der Waals surface area contributed by atoms with E-state index in [1.165, 1.54) is 23.8 Å². The Kier molecular flexibility index (Phi) is 5.47. The Balaban J connectivity index is 1.99. The second-order valence-corrected chi connectivity index (χ2v) is 7.14. The van der Waals surface area contributed by atoms with Crippen LogP contribution in [0.1, 0.15) is 58.7 Å². The van der Waals surface area contributed by atoms with Gasteiger partial charge in [-0.05, 0) is 50.3 Å². The third-order valence-corrected chi connectivity index (χ3v) is 5.15. The van der Waals surface area contributed by atoms with E-state index in [1.807, 2.05) is 6.92 Å². The summed E-state index contributed by atoms with van der Waals surface area (Å²) in [5.41, 5.74) is 3.85. The molecule has 2 aromatic rings. The molecule has 1 heterocycles. The molecule has 0 unspecified atom stereocenters. The van der Waals surface area contributed by atoms with Gasteiger partial charge in [0.05, 0.1) is 7.11 Å². The van der Waals surface area contributed by atoms with E-state index in [1.54, 1.807) is 0 Å². The number of esters is 1. The highest BCUT2D eigenvalue weighted by Crippen LogP contribution is 2.40. The van der Waals surface area contributed by atoms with Crippen molar-refractivity contribution in [3.63, 3.8) is 0 Å². The van der Waals surface area contributed by atoms with Crippen LogP contribution in [0.3, 0.4) is 0 Å². The van der Waals surface area contributed by atoms with Gasteiger partial charge in [-0.2, -0.15) is 0 Å². The van der Waals surface area contributed by atoms with Crippen molar-refractivity contribution in [2.75, 3.05) is 18.6 Å². The van der Waals surface area contributed by atoms with E-state index in [9.17, 15) is 4.79 Å². The normalized spacial score (nSPS) is 13.6. The molecule has 0 amide bonds. The molecule has 0 aliphatic heterocycles. The lowest BCUT2D eigenvalue weighted by molar-refractivity contribution is 0.0593. The molecule has 0 bridgehead atoms. The van der Waals surface area contributed by atoms with Crippen LogP contribution in [0.2, 0.25) is 5.02 Å². The number of benzene rings is 1. The van der Waals surface area contributed by atoms with Crippen molar-refractivity contribution in [2.45, 2.75) is 46.1 Å². The minimum absolute atomic E-state index is 0.152. The number of hydrogen-bond acceptors (Lipinski definition) is 5. The summed E-state index contributed by atoms with van der Waals surface area (Å²) < 4.78 is 4.86. The Bertz CT molecular complexity index is 834. The van der Waals surface area contributed by atoms with Crippen LogP contribution in [0.15, 0.2) is 18.2 Å². The van der Waals surface area contributed by atoms with Gasteiger partial charge in [0.25, 0.3) is 0 Å². The molecular weight excluding hydrogens is 350 g/mol. The lowest BCUT2D eigenvalue weighted by Gasteiger charge is -2.24. The molecule has 26 heavy (non-hydrogen) atoms. The third kappa shape index (κ3) is 3.83. The average molecular weight is 374 g/mol. The molecule has 1 aliphatic carbocycles. The number of hydrogen-bond donors (Lipinski definition) is 0. The number of ether oxygens (including phenoxy) is 1. The highest BCUT2D eigenvalue weighted by Gasteiger charge is 2.31. The topological polar surface area (TPSA) is 55.3 Å². The predicted molar refractivity (Wildman–Crippen MR) is 103 cm³/mol. The van der Waals surface area contributed by atoms with Gasteiger partial charge in [-0.25, -0.2) is 14.8 Å². The van der Waals surface area contributed by atoms with Crippen LogP contribution < -0.4 is 4.90 Å². The lowest BCUT2D eigenvalue weighted by atomic mass is 10.1. The van der Waals surface area contributed by atoms with Crippen molar-refractivity contribution < 1.29 is 9.53 Å². The second-order valence-electron chi connectivity index (χ2n) is 6.77. The molecule has 5 nitrogen and oxygen atoms in total. The lowest BCUT2D eigenvalue weighted by Crippen LogP contribution is -2.25. The molecular formula is C20H24ClN3O2. The predicted octanol–water partition coefficient (Wildman–Crippen LogP) is 4.44. The SMILES string of the molecule is CCN(Cc1ccc(C)c(C)c1)c1nc(C2CC2)nc(C(=O)OC)c1Cl. The Morgan fingerprint density at radius 2 is 2.00 bits per heavy atom. The fourth-order valence-electron chi connectivity index (χ4n) is 2.88. The maximum absolute atomic E-state index is 12.1. The van der Waals surface area contributed by atoms with E-state index in [0.29, 0.717) is 30.6 Å². The van der Waals surface area contributed by atoms with Crippen molar-refractivity contribution in [3.05, 3.63) is 51.4 Å². The highest BCUT2D eigenvalue weighted by molar-refractivity contribution is 6.35. The zero-order valence-electron chi connectivity index (χ0n) is 15.7. The smallest absolute Gasteiger partial charge is 0.358 e. The summed E-state index contributed by atoms with van der Waals surface area (Å²) in [4.78, 5) is 23.3. The number of methoxy groups -OCH3 is 1. The second kappa shape index (κ2) is 7.62. The quantitative estimate of drug-likeness (QED) is 0.701. The Morgan fingerprint density at radius 1 is 1.27 bits per heavy atom. The number of anilines is 1. The summed E-state index contributed by atoms with van der Waals surface area (Å²) in [5, 5.41) is 0.256. The number of nitrogens with zero attached hydrogens (tertiary/aromatic N) is 3. The molecule has 6 heteroatoms. The Labute approximate surface area is 159 Å². The van der Waals surface area contributed by atoms with Gasteiger partial charge >= 0.3 is 5.97 Å². The number of rotatable bonds is 6. The first-order valence-electron chi connectivity index (χ1n) is 8.91. The summed E-state index contributed by atoms with van der Waals surface area (Å²) in [5.74, 6) is 1.07. The van der Waals surface area contributed by atoms with Crippen LogP contribution in [0.25, 0.3) is 0 Å². The van der Waals surface area contributed by atoms with Crippen molar-refractivity contribution in [1.82, 2.24) is 9.97 Å². The fourth-order valence-corrected chi connectivity index (χ4v) is 3.16. The van der Waals surface area contributed by atoms with E-state index in [4.69, 9.17) is 21.3 Å². The first-order valence-corrected chi connectivity index (χ1v) is 9.29. The standard InChI is InChI=1S/C20H24ClN3O2/c1-5-24(11-14-7-6-12(2)13(3)10-14)19-16(21)17(20(25)26-4)22-18(23-19)15-8-9-15/h6-7,10,15H,5,8-9,11H2,1-4H3. The maximum atomic E-state index is 12.1. The number of halogens is 1.